The summed E-state index contributed by atoms with van der Waals surface area (Å²) in [6.45, 7) is 19.4. The van der Waals surface area contributed by atoms with Crippen molar-refractivity contribution in [2.75, 3.05) is 0 Å². The fraction of sp³-hybridized carbons (Fsp3) is 0.724. The van der Waals surface area contributed by atoms with Gasteiger partial charge < -0.3 is 15.3 Å². The molecule has 0 aliphatic heterocycles. The molecule has 0 aromatic carbocycles. The van der Waals surface area contributed by atoms with E-state index in [1.165, 1.54) is 12.8 Å². The summed E-state index contributed by atoms with van der Waals surface area (Å²) >= 11 is 0. The normalized spacial score (nSPS) is 33.9. The fourth-order valence-electron chi connectivity index (χ4n) is 5.73. The Morgan fingerprint density at radius 1 is 1.22 bits per heavy atom. The monoisotopic (exact) mass is 442 g/mol. The predicted molar refractivity (Wildman–Crippen MR) is 134 cm³/mol. The molecule has 0 radical (unpaired) electrons. The molecule has 2 rings (SSSR count). The maximum atomic E-state index is 10.1. The van der Waals surface area contributed by atoms with Gasteiger partial charge in [0.25, 0.3) is 0 Å². The molecule has 0 spiro atoms. The van der Waals surface area contributed by atoms with Crippen molar-refractivity contribution in [3.8, 4) is 11.8 Å². The lowest BCUT2D eigenvalue weighted by molar-refractivity contribution is 0.0346. The van der Waals surface area contributed by atoms with Gasteiger partial charge in [0.1, 0.15) is 5.60 Å². The molecule has 3 heteroatoms. The van der Waals surface area contributed by atoms with Gasteiger partial charge in [0, 0.05) is 12.8 Å². The van der Waals surface area contributed by atoms with Gasteiger partial charge in [-0.05, 0) is 79.3 Å². The average Bonchev–Trinajstić information content (AvgIpc) is 2.88. The minimum atomic E-state index is -0.917. The third-order valence-corrected chi connectivity index (χ3v) is 8.47. The standard InChI is InChI=1S/C29H46O3/c1-20(11-10-15-27(4,5)32)17-21(2)29(8)16-14-24(28(29,6)7)13-9-12-23-18-25(30)19-26(31)22(23)3/h9,12-13,20-21,24-26,30-32H,3,11,14,16-19H2,1-2,4-8H3/b13-9+,23-12-/t20?,21-,24+,25+,26-,29+/m0/s1. The molecule has 1 unspecified atom stereocenters. The number of aliphatic hydroxyl groups is 3. The minimum Gasteiger partial charge on any atom is -0.393 e. The van der Waals surface area contributed by atoms with Gasteiger partial charge in [-0.2, -0.15) is 0 Å². The fourth-order valence-corrected chi connectivity index (χ4v) is 5.73. The van der Waals surface area contributed by atoms with Crippen LogP contribution in [0.1, 0.15) is 87.0 Å². The first-order valence-corrected chi connectivity index (χ1v) is 12.3. The van der Waals surface area contributed by atoms with E-state index in [1.54, 1.807) is 13.8 Å². The molecule has 32 heavy (non-hydrogen) atoms. The van der Waals surface area contributed by atoms with E-state index < -0.39 is 17.8 Å². The van der Waals surface area contributed by atoms with Crippen LogP contribution in [0.2, 0.25) is 0 Å². The van der Waals surface area contributed by atoms with Crippen LogP contribution < -0.4 is 0 Å². The Bertz CT molecular complexity index is 785. The third-order valence-electron chi connectivity index (χ3n) is 8.47. The molecule has 0 heterocycles. The van der Waals surface area contributed by atoms with Crippen molar-refractivity contribution in [3.05, 3.63) is 36.0 Å². The topological polar surface area (TPSA) is 60.7 Å². The third kappa shape index (κ3) is 6.37. The molecule has 0 aromatic rings. The van der Waals surface area contributed by atoms with Crippen LogP contribution in [0.25, 0.3) is 0 Å². The average molecular weight is 443 g/mol. The highest BCUT2D eigenvalue weighted by Crippen LogP contribution is 2.61. The van der Waals surface area contributed by atoms with Gasteiger partial charge in [0.05, 0.1) is 12.2 Å². The van der Waals surface area contributed by atoms with Gasteiger partial charge in [-0.25, -0.2) is 0 Å². The molecule has 0 saturated heterocycles. The number of allylic oxidation sites excluding steroid dienone is 3. The smallest absolute Gasteiger partial charge is 0.119 e. The van der Waals surface area contributed by atoms with Crippen LogP contribution in [0.5, 0.6) is 0 Å². The van der Waals surface area contributed by atoms with E-state index in [0.29, 0.717) is 30.6 Å². The summed E-state index contributed by atoms with van der Waals surface area (Å²) in [5.41, 5.74) is 1.20. The van der Waals surface area contributed by atoms with Crippen LogP contribution in [0.4, 0.5) is 0 Å². The molecule has 3 nitrogen and oxygen atoms in total. The molecule has 2 aliphatic carbocycles. The summed E-state index contributed by atoms with van der Waals surface area (Å²) in [6, 6.07) is 0. The zero-order valence-electron chi connectivity index (χ0n) is 21.4. The number of rotatable bonds is 6. The predicted octanol–water partition coefficient (Wildman–Crippen LogP) is 5.81. The van der Waals surface area contributed by atoms with Gasteiger partial charge in [-0.3, -0.25) is 0 Å². The van der Waals surface area contributed by atoms with Crippen LogP contribution in [0.15, 0.2) is 36.0 Å². The van der Waals surface area contributed by atoms with Crippen molar-refractivity contribution in [2.45, 2.75) is 105 Å². The first-order chi connectivity index (χ1) is 14.7. The lowest BCUT2D eigenvalue weighted by Gasteiger charge is -2.46. The Hall–Kier alpha value is -1.34. The molecule has 2 fully saturated rings. The molecule has 2 saturated carbocycles. The van der Waals surface area contributed by atoms with E-state index in [-0.39, 0.29) is 10.8 Å². The van der Waals surface area contributed by atoms with Gasteiger partial charge in [0.15, 0.2) is 0 Å². The number of hydrogen-bond acceptors (Lipinski definition) is 3. The lowest BCUT2D eigenvalue weighted by atomic mass is 9.58. The van der Waals surface area contributed by atoms with Gasteiger partial charge in [0.2, 0.25) is 0 Å². The molecular weight excluding hydrogens is 396 g/mol. The van der Waals surface area contributed by atoms with Crippen molar-refractivity contribution in [3.63, 3.8) is 0 Å². The number of hydrogen-bond donors (Lipinski definition) is 3. The van der Waals surface area contributed by atoms with E-state index in [0.717, 1.165) is 24.0 Å². The van der Waals surface area contributed by atoms with Crippen LogP contribution in [0, 0.1) is 40.4 Å². The van der Waals surface area contributed by atoms with E-state index in [2.05, 4.69) is 65.2 Å². The van der Waals surface area contributed by atoms with E-state index in [4.69, 9.17) is 0 Å². The second-order valence-corrected chi connectivity index (χ2v) is 11.8. The zero-order chi connectivity index (χ0) is 24.3. The Morgan fingerprint density at radius 2 is 1.88 bits per heavy atom. The molecule has 0 bridgehead atoms. The quantitative estimate of drug-likeness (QED) is 0.455. The van der Waals surface area contributed by atoms with E-state index >= 15 is 0 Å². The maximum absolute atomic E-state index is 10.1. The lowest BCUT2D eigenvalue weighted by Crippen LogP contribution is -2.39. The number of aliphatic hydroxyl groups excluding tert-OH is 2. The first kappa shape index (κ1) is 26.9. The van der Waals surface area contributed by atoms with Gasteiger partial charge in [-0.15, -0.1) is 5.92 Å². The maximum Gasteiger partial charge on any atom is 0.119 e. The Kier molecular flexibility index (Phi) is 8.65. The molecule has 2 aliphatic rings. The SMILES string of the molecule is C=C1/C(=C\C=C\[C@@H]2CC[C@](C)([C@@H](C)CC(C)CC#CC(C)(C)O)C2(C)C)C[C@@H](O)C[C@@H]1O. The highest BCUT2D eigenvalue weighted by Gasteiger charge is 2.52. The summed E-state index contributed by atoms with van der Waals surface area (Å²) < 4.78 is 0. The largest absolute Gasteiger partial charge is 0.393 e. The van der Waals surface area contributed by atoms with Crippen LogP contribution in [-0.2, 0) is 0 Å². The molecule has 6 atom stereocenters. The first-order valence-electron chi connectivity index (χ1n) is 12.3. The summed E-state index contributed by atoms with van der Waals surface area (Å²) in [5, 5.41) is 29.8. The second-order valence-electron chi connectivity index (χ2n) is 11.8. The highest BCUT2D eigenvalue weighted by molar-refractivity contribution is 5.37. The van der Waals surface area contributed by atoms with E-state index in [1.807, 2.05) is 6.08 Å². The van der Waals surface area contributed by atoms with Gasteiger partial charge >= 0.3 is 0 Å². The molecule has 3 N–H and O–H groups in total. The minimum absolute atomic E-state index is 0.169. The Labute approximate surface area is 196 Å². The van der Waals surface area contributed by atoms with Crippen LogP contribution in [-0.4, -0.2) is 33.1 Å². The zero-order valence-corrected chi connectivity index (χ0v) is 21.4. The highest BCUT2D eigenvalue weighted by atomic mass is 16.3. The van der Waals surface area contributed by atoms with E-state index in [9.17, 15) is 15.3 Å². The van der Waals surface area contributed by atoms with Crippen molar-refractivity contribution in [1.29, 1.82) is 0 Å². The van der Waals surface area contributed by atoms with Crippen molar-refractivity contribution in [1.82, 2.24) is 0 Å². The van der Waals surface area contributed by atoms with Crippen molar-refractivity contribution < 1.29 is 15.3 Å². The molecular formula is C29H46O3. The summed E-state index contributed by atoms with van der Waals surface area (Å²) in [5.74, 6) is 7.68. The van der Waals surface area contributed by atoms with Crippen molar-refractivity contribution >= 4 is 0 Å². The van der Waals surface area contributed by atoms with Crippen molar-refractivity contribution in [2.24, 2.45) is 28.6 Å². The second kappa shape index (κ2) is 10.3. The summed E-state index contributed by atoms with van der Waals surface area (Å²) in [7, 11) is 0. The molecule has 0 aromatic heterocycles. The van der Waals surface area contributed by atoms with Gasteiger partial charge in [-0.1, -0.05) is 65.3 Å². The molecule has 180 valence electrons. The Balaban J connectivity index is 2.04. The summed E-state index contributed by atoms with van der Waals surface area (Å²) in [4.78, 5) is 0. The summed E-state index contributed by atoms with van der Waals surface area (Å²) in [6.07, 6.45) is 10.6. The van der Waals surface area contributed by atoms with Crippen LogP contribution >= 0.6 is 0 Å². The van der Waals surface area contributed by atoms with Crippen LogP contribution in [0.3, 0.4) is 0 Å². The Morgan fingerprint density at radius 3 is 2.50 bits per heavy atom. The molecule has 0 amide bonds.